The molecule has 0 N–H and O–H groups in total. The van der Waals surface area contributed by atoms with Gasteiger partial charge in [-0.3, -0.25) is 0 Å². The van der Waals surface area contributed by atoms with Crippen LogP contribution in [0.3, 0.4) is 0 Å². The maximum atomic E-state index is 8.84. The molecule has 0 amide bonds. The van der Waals surface area contributed by atoms with Crippen molar-refractivity contribution in [1.82, 2.24) is 9.55 Å². The van der Waals surface area contributed by atoms with Crippen molar-refractivity contribution in [3.63, 3.8) is 0 Å². The summed E-state index contributed by atoms with van der Waals surface area (Å²) in [5, 5.41) is 9.56. The van der Waals surface area contributed by atoms with E-state index in [4.69, 9.17) is 16.9 Å². The summed E-state index contributed by atoms with van der Waals surface area (Å²) in [7, 11) is 0. The molecule has 0 spiro atoms. The maximum Gasteiger partial charge on any atom is 0.0991 e. The smallest absolute Gasteiger partial charge is 0.0991 e. The molecule has 0 atom stereocenters. The van der Waals surface area contributed by atoms with Gasteiger partial charge in [-0.1, -0.05) is 35.9 Å². The zero-order valence-corrected chi connectivity index (χ0v) is 12.6. The zero-order chi connectivity index (χ0) is 15.4. The molecule has 4 heteroatoms. The van der Waals surface area contributed by atoms with E-state index in [1.54, 1.807) is 6.07 Å². The lowest BCUT2D eigenvalue weighted by Gasteiger charge is -2.09. The van der Waals surface area contributed by atoms with Gasteiger partial charge in [0.15, 0.2) is 0 Å². The van der Waals surface area contributed by atoms with Gasteiger partial charge in [-0.25, -0.2) is 4.98 Å². The molecule has 0 aliphatic carbocycles. The van der Waals surface area contributed by atoms with Crippen LogP contribution in [0.1, 0.15) is 22.4 Å². The second-order valence-electron chi connectivity index (χ2n) is 5.02. The van der Waals surface area contributed by atoms with E-state index < -0.39 is 0 Å². The molecule has 3 rings (SSSR count). The van der Waals surface area contributed by atoms with Gasteiger partial charge >= 0.3 is 0 Å². The van der Waals surface area contributed by atoms with Crippen LogP contribution in [0.2, 0.25) is 5.02 Å². The molecule has 0 aliphatic rings. The first-order chi connectivity index (χ1) is 10.8. The van der Waals surface area contributed by atoms with Gasteiger partial charge in [0.2, 0.25) is 0 Å². The second kappa shape index (κ2) is 6.46. The van der Waals surface area contributed by atoms with Crippen LogP contribution in [0.5, 0.6) is 0 Å². The Morgan fingerprint density at radius 3 is 2.77 bits per heavy atom. The minimum absolute atomic E-state index is 0.668. The van der Waals surface area contributed by atoms with Crippen molar-refractivity contribution in [2.45, 2.75) is 13.0 Å². The van der Waals surface area contributed by atoms with Crippen LogP contribution < -0.4 is 0 Å². The average Bonchev–Trinajstić information content (AvgIpc) is 2.97. The van der Waals surface area contributed by atoms with Crippen LogP contribution in [0.4, 0.5) is 0 Å². The van der Waals surface area contributed by atoms with Crippen molar-refractivity contribution < 1.29 is 0 Å². The van der Waals surface area contributed by atoms with E-state index in [1.165, 1.54) is 0 Å². The third-order valence-corrected chi connectivity index (χ3v) is 3.86. The van der Waals surface area contributed by atoms with Gasteiger partial charge in [-0.05, 0) is 35.4 Å². The van der Waals surface area contributed by atoms with Gasteiger partial charge in [0, 0.05) is 29.9 Å². The number of halogens is 1. The van der Waals surface area contributed by atoms with Gasteiger partial charge in [0.05, 0.1) is 18.0 Å². The van der Waals surface area contributed by atoms with E-state index in [2.05, 4.69) is 21.7 Å². The molecule has 1 heterocycles. The molecule has 2 aromatic carbocycles. The minimum atomic E-state index is 0.668. The van der Waals surface area contributed by atoms with E-state index in [0.717, 1.165) is 29.8 Å². The van der Waals surface area contributed by atoms with Gasteiger partial charge < -0.3 is 4.57 Å². The normalized spacial score (nSPS) is 10.4. The van der Waals surface area contributed by atoms with Crippen molar-refractivity contribution in [2.75, 3.05) is 0 Å². The lowest BCUT2D eigenvalue weighted by Crippen LogP contribution is -2.04. The molecule has 3 nitrogen and oxygen atoms in total. The fraction of sp³-hybridized carbons (Fsp3) is 0.111. The lowest BCUT2D eigenvalue weighted by molar-refractivity contribution is 0.753. The molecule has 0 saturated heterocycles. The summed E-state index contributed by atoms with van der Waals surface area (Å²) in [6, 6.07) is 18.3. The molecule has 0 unspecified atom stereocenters. The number of aromatic nitrogens is 2. The highest BCUT2D eigenvalue weighted by Crippen LogP contribution is 2.19. The highest BCUT2D eigenvalue weighted by atomic mass is 35.5. The Morgan fingerprint density at radius 1 is 1.23 bits per heavy atom. The maximum absolute atomic E-state index is 8.84. The van der Waals surface area contributed by atoms with Gasteiger partial charge in [0.25, 0.3) is 0 Å². The molecule has 0 fully saturated rings. The summed E-state index contributed by atoms with van der Waals surface area (Å²) in [5.74, 6) is 0. The number of hydrogen-bond donors (Lipinski definition) is 0. The molecule has 3 aromatic rings. The fourth-order valence-electron chi connectivity index (χ4n) is 2.30. The molecular formula is C18H13ClN3. The quantitative estimate of drug-likeness (QED) is 0.734. The Labute approximate surface area is 134 Å². The molecule has 0 aliphatic heterocycles. The minimum Gasteiger partial charge on any atom is -0.330 e. The Bertz CT molecular complexity index is 813. The summed E-state index contributed by atoms with van der Waals surface area (Å²) >= 11 is 6.20. The molecule has 0 saturated carbocycles. The third-order valence-electron chi connectivity index (χ3n) is 3.50. The van der Waals surface area contributed by atoms with Crippen LogP contribution >= 0.6 is 11.6 Å². The SMILES string of the molecule is N#Cc1ccc(Cn2cncc2Cc2cc[c]cc2Cl)cc1. The highest BCUT2D eigenvalue weighted by Gasteiger charge is 2.07. The van der Waals surface area contributed by atoms with Crippen LogP contribution in [-0.4, -0.2) is 9.55 Å². The van der Waals surface area contributed by atoms with Crippen LogP contribution in [0.15, 0.2) is 55.0 Å². The monoisotopic (exact) mass is 306 g/mol. The zero-order valence-electron chi connectivity index (χ0n) is 11.8. The Hall–Kier alpha value is -2.57. The van der Waals surface area contributed by atoms with E-state index >= 15 is 0 Å². The predicted molar refractivity (Wildman–Crippen MR) is 85.6 cm³/mol. The average molecular weight is 307 g/mol. The summed E-state index contributed by atoms with van der Waals surface area (Å²) in [4.78, 5) is 4.24. The Balaban J connectivity index is 1.80. The number of hydrogen-bond acceptors (Lipinski definition) is 2. The van der Waals surface area contributed by atoms with Crippen LogP contribution in [0, 0.1) is 17.4 Å². The van der Waals surface area contributed by atoms with E-state index in [1.807, 2.05) is 48.9 Å². The number of benzene rings is 2. The molecule has 22 heavy (non-hydrogen) atoms. The van der Waals surface area contributed by atoms with Crippen molar-refractivity contribution in [3.8, 4) is 6.07 Å². The largest absolute Gasteiger partial charge is 0.330 e. The van der Waals surface area contributed by atoms with Crippen LogP contribution in [-0.2, 0) is 13.0 Å². The molecular weight excluding hydrogens is 294 g/mol. The van der Waals surface area contributed by atoms with E-state index in [-0.39, 0.29) is 0 Å². The van der Waals surface area contributed by atoms with Crippen molar-refractivity contribution in [3.05, 3.63) is 88.5 Å². The van der Waals surface area contributed by atoms with Crippen LogP contribution in [0.25, 0.3) is 0 Å². The Morgan fingerprint density at radius 2 is 2.05 bits per heavy atom. The third kappa shape index (κ3) is 3.19. The summed E-state index contributed by atoms with van der Waals surface area (Å²) < 4.78 is 2.09. The van der Waals surface area contributed by atoms with Gasteiger partial charge in [-0.2, -0.15) is 5.26 Å². The summed E-state index contributed by atoms with van der Waals surface area (Å²) in [6.45, 7) is 0.720. The van der Waals surface area contributed by atoms with E-state index in [9.17, 15) is 0 Å². The van der Waals surface area contributed by atoms with Gasteiger partial charge in [0.1, 0.15) is 0 Å². The first kappa shape index (κ1) is 14.4. The Kier molecular flexibility index (Phi) is 4.22. The number of imidazole rings is 1. The molecule has 1 aromatic heterocycles. The number of nitrogens with zero attached hydrogens (tertiary/aromatic N) is 3. The highest BCUT2D eigenvalue weighted by molar-refractivity contribution is 6.31. The van der Waals surface area contributed by atoms with E-state index in [0.29, 0.717) is 10.6 Å². The van der Waals surface area contributed by atoms with Crippen molar-refractivity contribution in [2.24, 2.45) is 0 Å². The molecule has 0 bridgehead atoms. The fourth-order valence-corrected chi connectivity index (χ4v) is 2.49. The number of rotatable bonds is 4. The van der Waals surface area contributed by atoms with Gasteiger partial charge in [-0.15, -0.1) is 0 Å². The molecule has 1 radical (unpaired) electrons. The first-order valence-corrected chi connectivity index (χ1v) is 7.26. The topological polar surface area (TPSA) is 41.6 Å². The predicted octanol–water partition coefficient (Wildman–Crippen LogP) is 3.85. The molecule has 107 valence electrons. The second-order valence-corrected chi connectivity index (χ2v) is 5.42. The number of nitriles is 1. The van der Waals surface area contributed by atoms with Crippen molar-refractivity contribution >= 4 is 11.6 Å². The lowest BCUT2D eigenvalue weighted by atomic mass is 10.1. The first-order valence-electron chi connectivity index (χ1n) is 6.89. The summed E-state index contributed by atoms with van der Waals surface area (Å²) in [6.07, 6.45) is 4.40. The van der Waals surface area contributed by atoms with Crippen molar-refractivity contribution in [1.29, 1.82) is 5.26 Å². The summed E-state index contributed by atoms with van der Waals surface area (Å²) in [5.41, 5.74) is 3.95. The standard InChI is InChI=1S/C18H13ClN3/c19-18-4-2-1-3-16(18)9-17-11-21-13-22(17)12-15-7-5-14(10-20)6-8-15/h1,3-8,11,13H,9,12H2.